The second-order valence-electron chi connectivity index (χ2n) is 2.24. The molecule has 0 amide bonds. The van der Waals surface area contributed by atoms with Crippen molar-refractivity contribution in [2.75, 3.05) is 5.73 Å². The van der Waals surface area contributed by atoms with Gasteiger partial charge in [0.2, 0.25) is 0 Å². The molecule has 0 aliphatic carbocycles. The highest BCUT2D eigenvalue weighted by Gasteiger charge is 1.98. The minimum atomic E-state index is 0.355. The Labute approximate surface area is 72.7 Å². The zero-order chi connectivity index (χ0) is 8.55. The van der Waals surface area contributed by atoms with Crippen LogP contribution in [-0.2, 0) is 0 Å². The van der Waals surface area contributed by atoms with Gasteiger partial charge in [0.1, 0.15) is 5.82 Å². The quantitative estimate of drug-likeness (QED) is 0.581. The summed E-state index contributed by atoms with van der Waals surface area (Å²) in [5.41, 5.74) is 6.29. The molecule has 3 N–H and O–H groups in total. The third-order valence-electron chi connectivity index (χ3n) is 1.46. The fraction of sp³-hybridized carbons (Fsp3) is 0. The molecular formula is C6H5N5S. The van der Waals surface area contributed by atoms with Crippen LogP contribution < -0.4 is 5.73 Å². The number of fused-ring (bicyclic) bond motifs is 1. The van der Waals surface area contributed by atoms with Gasteiger partial charge in [0, 0.05) is 0 Å². The first-order valence-corrected chi connectivity index (χ1v) is 3.64. The van der Waals surface area contributed by atoms with Gasteiger partial charge in [-0.15, -0.1) is 0 Å². The van der Waals surface area contributed by atoms with Crippen molar-refractivity contribution in [3.05, 3.63) is 17.2 Å². The number of aromatic amines is 1. The molecule has 2 aromatic rings. The van der Waals surface area contributed by atoms with E-state index in [2.05, 4.69) is 20.2 Å². The van der Waals surface area contributed by atoms with Crippen LogP contribution in [-0.4, -0.2) is 20.2 Å². The molecule has 5 nitrogen and oxygen atoms in total. The highest BCUT2D eigenvalue weighted by Crippen LogP contribution is 2.12. The lowest BCUT2D eigenvalue weighted by molar-refractivity contribution is 1.04. The Morgan fingerprint density at radius 3 is 2.92 bits per heavy atom. The lowest BCUT2D eigenvalue weighted by atomic mass is 10.3. The molecule has 2 heterocycles. The number of H-pyrrole nitrogens is 1. The molecule has 60 valence electrons. The van der Waals surface area contributed by atoms with Gasteiger partial charge in [-0.1, -0.05) is 0 Å². The summed E-state index contributed by atoms with van der Waals surface area (Å²) in [7, 11) is 0. The fourth-order valence-corrected chi connectivity index (χ4v) is 1.14. The molecule has 0 bridgehead atoms. The maximum atomic E-state index is 5.63. The Balaban J connectivity index is 2.99. The second-order valence-corrected chi connectivity index (χ2v) is 2.63. The molecule has 2 aromatic heterocycles. The minimum Gasteiger partial charge on any atom is -0.385 e. The largest absolute Gasteiger partial charge is 0.385 e. The summed E-state index contributed by atoms with van der Waals surface area (Å²) in [6, 6.07) is 0. The molecule has 12 heavy (non-hydrogen) atoms. The topological polar surface area (TPSA) is 80.5 Å². The number of anilines is 1. The van der Waals surface area contributed by atoms with Crippen LogP contribution in [0.15, 0.2) is 12.4 Å². The van der Waals surface area contributed by atoms with Crippen LogP contribution in [0.5, 0.6) is 0 Å². The summed E-state index contributed by atoms with van der Waals surface area (Å²) in [4.78, 5) is 6.74. The monoisotopic (exact) mass is 179 g/mol. The molecule has 0 atom stereocenters. The smallest absolute Gasteiger partial charge is 0.198 e. The molecule has 0 radical (unpaired) electrons. The summed E-state index contributed by atoms with van der Waals surface area (Å²) in [6.07, 6.45) is 3.07. The fourth-order valence-electron chi connectivity index (χ4n) is 0.931. The van der Waals surface area contributed by atoms with E-state index in [0.717, 1.165) is 5.39 Å². The van der Waals surface area contributed by atoms with Gasteiger partial charge in [-0.05, 0) is 12.2 Å². The summed E-state index contributed by atoms with van der Waals surface area (Å²) in [6.45, 7) is 0. The minimum absolute atomic E-state index is 0.355. The van der Waals surface area contributed by atoms with Crippen molar-refractivity contribution in [3.8, 4) is 0 Å². The van der Waals surface area contributed by atoms with E-state index >= 15 is 0 Å². The van der Waals surface area contributed by atoms with E-state index < -0.39 is 0 Å². The van der Waals surface area contributed by atoms with Crippen LogP contribution in [0.3, 0.4) is 0 Å². The molecule has 0 aromatic carbocycles. The summed E-state index contributed by atoms with van der Waals surface area (Å²) in [5.74, 6) is 0.472. The van der Waals surface area contributed by atoms with E-state index in [4.69, 9.17) is 18.0 Å². The molecule has 0 unspecified atom stereocenters. The van der Waals surface area contributed by atoms with Crippen LogP contribution in [0.4, 0.5) is 5.82 Å². The van der Waals surface area contributed by atoms with Crippen LogP contribution in [0, 0.1) is 4.77 Å². The SMILES string of the molecule is Nc1[nH]c(=S)nc2cnncc12. The van der Waals surface area contributed by atoms with E-state index in [0.29, 0.717) is 16.1 Å². The Bertz CT molecular complexity index is 477. The number of aromatic nitrogens is 4. The zero-order valence-corrected chi connectivity index (χ0v) is 6.80. The molecule has 0 aliphatic heterocycles. The average Bonchev–Trinajstić information content (AvgIpc) is 2.04. The highest BCUT2D eigenvalue weighted by molar-refractivity contribution is 7.71. The van der Waals surface area contributed by atoms with E-state index in [9.17, 15) is 0 Å². The number of hydrogen-bond donors (Lipinski definition) is 2. The summed E-state index contributed by atoms with van der Waals surface area (Å²) >= 11 is 4.83. The van der Waals surface area contributed by atoms with E-state index in [1.165, 1.54) is 6.20 Å². The number of nitrogens with zero attached hydrogens (tertiary/aromatic N) is 3. The van der Waals surface area contributed by atoms with Crippen molar-refractivity contribution in [1.29, 1.82) is 0 Å². The lowest BCUT2D eigenvalue weighted by Crippen LogP contribution is -1.95. The van der Waals surface area contributed by atoms with Gasteiger partial charge in [-0.25, -0.2) is 4.98 Å². The Morgan fingerprint density at radius 1 is 1.33 bits per heavy atom. The number of nitrogens with two attached hydrogens (primary N) is 1. The van der Waals surface area contributed by atoms with Crippen molar-refractivity contribution in [2.24, 2.45) is 0 Å². The van der Waals surface area contributed by atoms with Gasteiger partial charge in [0.25, 0.3) is 0 Å². The van der Waals surface area contributed by atoms with Gasteiger partial charge in [-0.2, -0.15) is 10.2 Å². The zero-order valence-electron chi connectivity index (χ0n) is 5.98. The maximum absolute atomic E-state index is 5.63. The van der Waals surface area contributed by atoms with Gasteiger partial charge in [-0.3, -0.25) is 0 Å². The molecule has 0 fully saturated rings. The third-order valence-corrected chi connectivity index (χ3v) is 1.66. The summed E-state index contributed by atoms with van der Waals surface area (Å²) in [5, 5.41) is 8.08. The first kappa shape index (κ1) is 7.11. The Kier molecular flexibility index (Phi) is 1.47. The summed E-state index contributed by atoms with van der Waals surface area (Å²) < 4.78 is 0.355. The van der Waals surface area contributed by atoms with Crippen LogP contribution >= 0.6 is 12.2 Å². The Morgan fingerprint density at radius 2 is 2.08 bits per heavy atom. The lowest BCUT2D eigenvalue weighted by Gasteiger charge is -1.97. The first-order chi connectivity index (χ1) is 5.77. The van der Waals surface area contributed by atoms with Crippen molar-refractivity contribution in [2.45, 2.75) is 0 Å². The van der Waals surface area contributed by atoms with Gasteiger partial charge < -0.3 is 10.7 Å². The van der Waals surface area contributed by atoms with Gasteiger partial charge >= 0.3 is 0 Å². The van der Waals surface area contributed by atoms with Gasteiger partial charge in [0.05, 0.1) is 23.3 Å². The normalized spacial score (nSPS) is 10.3. The standard InChI is InChI=1S/C6H5N5S/c7-5-3-1-8-9-2-4(3)10-6(12)11-5/h1-2H,(H3,7,10,11,12). The maximum Gasteiger partial charge on any atom is 0.198 e. The molecule has 6 heteroatoms. The number of nitrogen functional groups attached to an aromatic ring is 1. The van der Waals surface area contributed by atoms with Crippen molar-refractivity contribution in [1.82, 2.24) is 20.2 Å². The third kappa shape index (κ3) is 1.02. The van der Waals surface area contributed by atoms with Crippen LogP contribution in [0.2, 0.25) is 0 Å². The van der Waals surface area contributed by atoms with E-state index in [1.807, 2.05) is 0 Å². The number of hydrogen-bond acceptors (Lipinski definition) is 5. The molecule has 0 saturated heterocycles. The molecule has 0 aliphatic rings. The number of nitrogens with one attached hydrogen (secondary N) is 1. The highest BCUT2D eigenvalue weighted by atomic mass is 32.1. The number of rotatable bonds is 0. The average molecular weight is 179 g/mol. The predicted molar refractivity (Wildman–Crippen MR) is 46.9 cm³/mol. The van der Waals surface area contributed by atoms with E-state index in [1.54, 1.807) is 6.20 Å². The molecule has 2 rings (SSSR count). The van der Waals surface area contributed by atoms with Crippen molar-refractivity contribution in [3.63, 3.8) is 0 Å². The molecule has 0 spiro atoms. The predicted octanol–water partition coefficient (Wildman–Crippen LogP) is 0.665. The van der Waals surface area contributed by atoms with Crippen molar-refractivity contribution < 1.29 is 0 Å². The van der Waals surface area contributed by atoms with Crippen LogP contribution in [0.25, 0.3) is 10.9 Å². The molecular weight excluding hydrogens is 174 g/mol. The Hall–Kier alpha value is -1.56. The first-order valence-electron chi connectivity index (χ1n) is 3.23. The van der Waals surface area contributed by atoms with E-state index in [-0.39, 0.29) is 0 Å². The second kappa shape index (κ2) is 2.49. The molecule has 0 saturated carbocycles. The van der Waals surface area contributed by atoms with Gasteiger partial charge in [0.15, 0.2) is 4.77 Å². The van der Waals surface area contributed by atoms with Crippen molar-refractivity contribution >= 4 is 28.9 Å². The van der Waals surface area contributed by atoms with Crippen LogP contribution in [0.1, 0.15) is 0 Å².